The third kappa shape index (κ3) is 0.540. The third-order valence-corrected chi connectivity index (χ3v) is 1.32. The second-order valence-electron chi connectivity index (χ2n) is 1.95. The van der Waals surface area contributed by atoms with E-state index in [0.717, 1.165) is 11.0 Å². The maximum Gasteiger partial charge on any atom is 0.240 e. The Morgan fingerprint density at radius 3 is 3.30 bits per heavy atom. The van der Waals surface area contributed by atoms with Crippen molar-refractivity contribution in [2.45, 2.75) is 0 Å². The molecule has 0 radical (unpaired) electrons. The van der Waals surface area contributed by atoms with Crippen molar-refractivity contribution in [1.82, 2.24) is 15.2 Å². The molecule has 50 valence electrons. The van der Waals surface area contributed by atoms with Crippen LogP contribution in [0.15, 0.2) is 12.5 Å². The fourth-order valence-corrected chi connectivity index (χ4v) is 0.848. The first-order chi connectivity index (χ1) is 4.88. The van der Waals surface area contributed by atoms with E-state index in [2.05, 4.69) is 20.2 Å². The molecule has 0 unspecified atom stereocenters. The van der Waals surface area contributed by atoms with Gasteiger partial charge in [-0.3, -0.25) is 0 Å². The molecule has 0 saturated carbocycles. The van der Waals surface area contributed by atoms with Crippen molar-refractivity contribution in [3.63, 3.8) is 0 Å². The summed E-state index contributed by atoms with van der Waals surface area (Å²) >= 11 is 0. The van der Waals surface area contributed by atoms with Gasteiger partial charge in [0.05, 0.1) is 0 Å². The van der Waals surface area contributed by atoms with Crippen LogP contribution in [0.25, 0.3) is 11.0 Å². The zero-order valence-corrected chi connectivity index (χ0v) is 5.13. The van der Waals surface area contributed by atoms with Crippen LogP contribution in [0, 0.1) is 0 Å². The summed E-state index contributed by atoms with van der Waals surface area (Å²) in [5.41, 5.74) is 7.14. The van der Waals surface area contributed by atoms with Gasteiger partial charge < -0.3 is 5.73 Å². The number of anilines is 1. The zero-order valence-electron chi connectivity index (χ0n) is 5.13. The number of nitrogens with two attached hydrogens (primary N) is 1. The molecule has 0 atom stereocenters. The van der Waals surface area contributed by atoms with Crippen molar-refractivity contribution < 1.29 is 4.98 Å². The van der Waals surface area contributed by atoms with Crippen LogP contribution in [0.4, 0.5) is 5.82 Å². The smallest absolute Gasteiger partial charge is 0.240 e. The standard InChI is InChI=1S/C5H5N5/c6-5-4-3(1-9-10-5)7-2-8-4/h1-2H,(H2,6,10)(H,7,8)/p+1. The summed E-state index contributed by atoms with van der Waals surface area (Å²) < 4.78 is 0. The number of hydrogen-bond donors (Lipinski definition) is 2. The molecule has 0 aromatic carbocycles. The van der Waals surface area contributed by atoms with Crippen molar-refractivity contribution in [2.24, 2.45) is 0 Å². The van der Waals surface area contributed by atoms with Crippen LogP contribution < -0.4 is 10.7 Å². The lowest BCUT2D eigenvalue weighted by Crippen LogP contribution is -2.01. The number of aromatic amines is 2. The SMILES string of the molecule is Nc1nncc2[nH]c[nH+]c12. The summed E-state index contributed by atoms with van der Waals surface area (Å²) in [6.45, 7) is 0. The first kappa shape index (κ1) is 5.16. The number of imidazole rings is 1. The molecule has 0 bridgehead atoms. The summed E-state index contributed by atoms with van der Waals surface area (Å²) in [7, 11) is 0. The van der Waals surface area contributed by atoms with Gasteiger partial charge in [-0.25, -0.2) is 9.97 Å². The van der Waals surface area contributed by atoms with Crippen LogP contribution in [0.5, 0.6) is 0 Å². The predicted octanol–water partition coefficient (Wildman–Crippen LogP) is -0.646. The fraction of sp³-hybridized carbons (Fsp3) is 0. The van der Waals surface area contributed by atoms with E-state index < -0.39 is 0 Å². The monoisotopic (exact) mass is 136 g/mol. The summed E-state index contributed by atoms with van der Waals surface area (Å²) in [6.07, 6.45) is 3.30. The van der Waals surface area contributed by atoms with E-state index in [4.69, 9.17) is 5.73 Å². The van der Waals surface area contributed by atoms with Crippen LogP contribution in [0.3, 0.4) is 0 Å². The van der Waals surface area contributed by atoms with Gasteiger partial charge in [-0.05, 0) is 0 Å². The number of nitrogens with one attached hydrogen (secondary N) is 2. The minimum Gasteiger partial charge on any atom is -0.379 e. The van der Waals surface area contributed by atoms with Gasteiger partial charge in [-0.15, -0.1) is 5.10 Å². The quantitative estimate of drug-likeness (QED) is 0.505. The van der Waals surface area contributed by atoms with Gasteiger partial charge in [0, 0.05) is 0 Å². The summed E-state index contributed by atoms with van der Waals surface area (Å²) in [4.78, 5) is 5.83. The van der Waals surface area contributed by atoms with Crippen molar-refractivity contribution in [3.05, 3.63) is 12.5 Å². The van der Waals surface area contributed by atoms with Gasteiger partial charge in [0.25, 0.3) is 0 Å². The maximum absolute atomic E-state index is 5.48. The van der Waals surface area contributed by atoms with E-state index in [-0.39, 0.29) is 0 Å². The second-order valence-corrected chi connectivity index (χ2v) is 1.95. The molecule has 0 aliphatic carbocycles. The van der Waals surface area contributed by atoms with Gasteiger partial charge in [0.15, 0.2) is 11.3 Å². The van der Waals surface area contributed by atoms with Crippen molar-refractivity contribution >= 4 is 16.9 Å². The van der Waals surface area contributed by atoms with E-state index in [9.17, 15) is 0 Å². The van der Waals surface area contributed by atoms with Gasteiger partial charge in [0.1, 0.15) is 6.20 Å². The predicted molar refractivity (Wildman–Crippen MR) is 34.9 cm³/mol. The lowest BCUT2D eigenvalue weighted by molar-refractivity contribution is -0.344. The van der Waals surface area contributed by atoms with E-state index in [1.54, 1.807) is 12.5 Å². The Kier molecular flexibility index (Phi) is 0.858. The summed E-state index contributed by atoms with van der Waals surface area (Å²) in [5.74, 6) is 0.416. The normalized spacial score (nSPS) is 10.4. The largest absolute Gasteiger partial charge is 0.379 e. The molecule has 10 heavy (non-hydrogen) atoms. The number of nitrogens with zero attached hydrogens (tertiary/aromatic N) is 2. The molecule has 5 heteroatoms. The molecule has 4 N–H and O–H groups in total. The molecule has 2 aromatic heterocycles. The van der Waals surface area contributed by atoms with Crippen LogP contribution in [0.1, 0.15) is 0 Å². The molecule has 2 heterocycles. The lowest BCUT2D eigenvalue weighted by Gasteiger charge is -1.84. The third-order valence-electron chi connectivity index (χ3n) is 1.32. The molecular formula is C5H6N5+. The molecule has 2 aromatic rings. The van der Waals surface area contributed by atoms with Crippen LogP contribution in [-0.4, -0.2) is 15.2 Å². The lowest BCUT2D eigenvalue weighted by atomic mass is 10.4. The topological polar surface area (TPSA) is 81.7 Å². The van der Waals surface area contributed by atoms with Crippen LogP contribution in [0.2, 0.25) is 0 Å². The number of aromatic nitrogens is 4. The highest BCUT2D eigenvalue weighted by molar-refractivity contribution is 5.79. The fourth-order valence-electron chi connectivity index (χ4n) is 0.848. The molecule has 0 aliphatic heterocycles. The Hall–Kier alpha value is -1.65. The molecule has 0 saturated heterocycles. The Labute approximate surface area is 56.3 Å². The highest BCUT2D eigenvalue weighted by atomic mass is 15.1. The summed E-state index contributed by atoms with van der Waals surface area (Å²) in [5, 5.41) is 7.31. The molecule has 2 rings (SSSR count). The van der Waals surface area contributed by atoms with Crippen molar-refractivity contribution in [1.29, 1.82) is 0 Å². The first-order valence-corrected chi connectivity index (χ1v) is 2.84. The molecular weight excluding hydrogens is 130 g/mol. The van der Waals surface area contributed by atoms with Crippen LogP contribution >= 0.6 is 0 Å². The van der Waals surface area contributed by atoms with Crippen LogP contribution in [-0.2, 0) is 0 Å². The van der Waals surface area contributed by atoms with Gasteiger partial charge >= 0.3 is 0 Å². The average molecular weight is 136 g/mol. The molecule has 0 fully saturated rings. The minimum absolute atomic E-state index is 0.416. The molecule has 5 nitrogen and oxygen atoms in total. The van der Waals surface area contributed by atoms with Gasteiger partial charge in [-0.1, -0.05) is 0 Å². The number of H-pyrrole nitrogens is 2. The van der Waals surface area contributed by atoms with Crippen molar-refractivity contribution in [3.8, 4) is 0 Å². The van der Waals surface area contributed by atoms with Gasteiger partial charge in [0.2, 0.25) is 11.8 Å². The Morgan fingerprint density at radius 2 is 2.50 bits per heavy atom. The van der Waals surface area contributed by atoms with E-state index in [1.165, 1.54) is 0 Å². The number of fused-ring (bicyclic) bond motifs is 1. The van der Waals surface area contributed by atoms with Gasteiger partial charge in [-0.2, -0.15) is 5.10 Å². The Balaban J connectivity index is 2.95. The second kappa shape index (κ2) is 1.66. The summed E-state index contributed by atoms with van der Waals surface area (Å²) in [6, 6.07) is 0. The zero-order chi connectivity index (χ0) is 6.97. The molecule has 0 aliphatic rings. The average Bonchev–Trinajstić information content (AvgIpc) is 2.36. The van der Waals surface area contributed by atoms with Crippen molar-refractivity contribution in [2.75, 3.05) is 5.73 Å². The first-order valence-electron chi connectivity index (χ1n) is 2.84. The highest BCUT2D eigenvalue weighted by Crippen LogP contribution is 2.06. The van der Waals surface area contributed by atoms with E-state index >= 15 is 0 Å². The minimum atomic E-state index is 0.416. The molecule has 0 amide bonds. The number of hydrogen-bond acceptors (Lipinski definition) is 3. The maximum atomic E-state index is 5.48. The van der Waals surface area contributed by atoms with E-state index in [0.29, 0.717) is 5.82 Å². The number of nitrogen functional groups attached to an aromatic ring is 1. The number of rotatable bonds is 0. The Morgan fingerprint density at radius 1 is 1.60 bits per heavy atom. The molecule has 0 spiro atoms. The highest BCUT2D eigenvalue weighted by Gasteiger charge is 2.05. The Bertz CT molecular complexity index is 352. The van der Waals surface area contributed by atoms with E-state index in [1.807, 2.05) is 0 Å².